The predicted molar refractivity (Wildman–Crippen MR) is 133 cm³/mol. The topological polar surface area (TPSA) is 55.1 Å². The smallest absolute Gasteiger partial charge is 0.257 e. The van der Waals surface area contributed by atoms with Crippen LogP contribution in [0.3, 0.4) is 0 Å². The molecule has 0 saturated carbocycles. The van der Waals surface area contributed by atoms with Crippen molar-refractivity contribution in [1.29, 1.82) is 0 Å². The summed E-state index contributed by atoms with van der Waals surface area (Å²) in [5.41, 5.74) is 4.40. The third-order valence-electron chi connectivity index (χ3n) is 4.53. The van der Waals surface area contributed by atoms with Crippen LogP contribution >= 0.6 is 43.6 Å². The fourth-order valence-corrected chi connectivity index (χ4v) is 5.27. The molecule has 0 unspecified atom stereocenters. The van der Waals surface area contributed by atoms with Gasteiger partial charge < -0.3 is 9.73 Å². The van der Waals surface area contributed by atoms with E-state index >= 15 is 0 Å². The summed E-state index contributed by atoms with van der Waals surface area (Å²) in [7, 11) is 0. The molecule has 0 radical (unpaired) electrons. The van der Waals surface area contributed by atoms with Gasteiger partial charge in [-0.2, -0.15) is 0 Å². The average molecular weight is 558 g/mol. The Morgan fingerprint density at radius 2 is 1.65 bits per heavy atom. The Bertz CT molecular complexity index is 1130. The van der Waals surface area contributed by atoms with Crippen LogP contribution in [0, 0.1) is 6.92 Å². The minimum atomic E-state index is -0.128. The van der Waals surface area contributed by atoms with E-state index in [9.17, 15) is 4.79 Å². The molecule has 1 aromatic heterocycles. The van der Waals surface area contributed by atoms with Crippen LogP contribution in [0.5, 0.6) is 0 Å². The Hall–Kier alpha value is -2.35. The van der Waals surface area contributed by atoms with Crippen molar-refractivity contribution in [2.75, 3.05) is 11.1 Å². The first kappa shape index (κ1) is 21.9. The lowest BCUT2D eigenvalue weighted by Crippen LogP contribution is -2.15. The molecule has 4 nitrogen and oxygen atoms in total. The molecule has 0 aliphatic heterocycles. The molecule has 0 atom stereocenters. The molecule has 1 amide bonds. The molecule has 0 saturated heterocycles. The Labute approximate surface area is 201 Å². The summed E-state index contributed by atoms with van der Waals surface area (Å²) in [6.07, 6.45) is 0. The molecule has 156 valence electrons. The molecule has 31 heavy (non-hydrogen) atoms. The molecule has 0 aliphatic rings. The number of halogens is 2. The fourth-order valence-electron chi connectivity index (χ4n) is 3.10. The van der Waals surface area contributed by atoms with E-state index in [1.165, 1.54) is 11.8 Å². The molecule has 0 aliphatic carbocycles. The van der Waals surface area contributed by atoms with Gasteiger partial charge in [0, 0.05) is 20.1 Å². The lowest BCUT2D eigenvalue weighted by atomic mass is 10.1. The zero-order chi connectivity index (χ0) is 21.8. The van der Waals surface area contributed by atoms with Crippen LogP contribution in [0.15, 0.2) is 91.4 Å². The third kappa shape index (κ3) is 5.29. The lowest BCUT2D eigenvalue weighted by Gasteiger charge is -2.10. The molecular weight excluding hydrogens is 540 g/mol. The van der Waals surface area contributed by atoms with Crippen LogP contribution in [0.1, 0.15) is 5.56 Å². The summed E-state index contributed by atoms with van der Waals surface area (Å²) in [4.78, 5) is 17.3. The van der Waals surface area contributed by atoms with E-state index in [2.05, 4.69) is 42.2 Å². The number of aryl methyl sites for hydroxylation is 1. The van der Waals surface area contributed by atoms with Gasteiger partial charge in [-0.05, 0) is 40.5 Å². The fraction of sp³-hybridized carbons (Fsp3) is 0.0833. The normalized spacial score (nSPS) is 10.8. The lowest BCUT2D eigenvalue weighted by molar-refractivity contribution is -0.113. The number of carbonyl (C=O) groups excluding carboxylic acids is 1. The van der Waals surface area contributed by atoms with Crippen molar-refractivity contribution in [2.45, 2.75) is 12.1 Å². The average Bonchev–Trinajstić information content (AvgIpc) is 3.20. The molecule has 0 spiro atoms. The summed E-state index contributed by atoms with van der Waals surface area (Å²) in [5, 5.41) is 3.42. The van der Waals surface area contributed by atoms with E-state index in [1.807, 2.05) is 79.7 Å². The van der Waals surface area contributed by atoms with Gasteiger partial charge in [-0.1, -0.05) is 88.4 Å². The monoisotopic (exact) mass is 556 g/mol. The number of carbonyl (C=O) groups is 1. The number of hydrogen-bond donors (Lipinski definition) is 1. The predicted octanol–water partition coefficient (Wildman–Crippen LogP) is 7.57. The summed E-state index contributed by atoms with van der Waals surface area (Å²) >= 11 is 8.23. The second kappa shape index (κ2) is 9.85. The van der Waals surface area contributed by atoms with E-state index in [1.54, 1.807) is 0 Å². The van der Waals surface area contributed by atoms with Gasteiger partial charge in [0.1, 0.15) is 5.69 Å². The standard InChI is InChI=1S/C24H18Br2N2O2S/c1-15-12-18(25)13-19(26)21(15)27-20(29)14-31-24-28-22(16-8-4-2-5-9-16)23(30-24)17-10-6-3-7-11-17/h2-13H,14H2,1H3,(H,27,29). The highest BCUT2D eigenvalue weighted by Crippen LogP contribution is 2.36. The zero-order valence-electron chi connectivity index (χ0n) is 16.6. The first-order chi connectivity index (χ1) is 15.0. The van der Waals surface area contributed by atoms with Crippen molar-refractivity contribution in [2.24, 2.45) is 0 Å². The number of oxazole rings is 1. The molecule has 7 heteroatoms. The van der Waals surface area contributed by atoms with E-state index in [0.717, 1.165) is 37.0 Å². The van der Waals surface area contributed by atoms with E-state index in [0.29, 0.717) is 11.0 Å². The third-order valence-corrected chi connectivity index (χ3v) is 6.45. The van der Waals surface area contributed by atoms with Gasteiger partial charge in [-0.3, -0.25) is 4.79 Å². The van der Waals surface area contributed by atoms with Gasteiger partial charge >= 0.3 is 0 Å². The van der Waals surface area contributed by atoms with Crippen molar-refractivity contribution in [3.8, 4) is 22.6 Å². The van der Waals surface area contributed by atoms with Crippen LogP contribution in [0.25, 0.3) is 22.6 Å². The number of rotatable bonds is 6. The van der Waals surface area contributed by atoms with Crippen LogP contribution in [-0.4, -0.2) is 16.6 Å². The molecule has 3 aromatic carbocycles. The quantitative estimate of drug-likeness (QED) is 0.248. The summed E-state index contributed by atoms with van der Waals surface area (Å²) < 4.78 is 7.85. The first-order valence-electron chi connectivity index (χ1n) is 9.51. The minimum absolute atomic E-state index is 0.128. The number of hydrogen-bond acceptors (Lipinski definition) is 4. The summed E-state index contributed by atoms with van der Waals surface area (Å²) in [5.74, 6) is 0.753. The van der Waals surface area contributed by atoms with Crippen molar-refractivity contribution < 1.29 is 9.21 Å². The SMILES string of the molecule is Cc1cc(Br)cc(Br)c1NC(=O)CSc1nc(-c2ccccc2)c(-c2ccccc2)o1. The maximum Gasteiger partial charge on any atom is 0.257 e. The van der Waals surface area contributed by atoms with Crippen LogP contribution in [0.4, 0.5) is 5.69 Å². The molecule has 0 bridgehead atoms. The van der Waals surface area contributed by atoms with E-state index in [-0.39, 0.29) is 11.7 Å². The highest BCUT2D eigenvalue weighted by Gasteiger charge is 2.18. The minimum Gasteiger partial charge on any atom is -0.431 e. The van der Waals surface area contributed by atoms with Crippen LogP contribution in [0.2, 0.25) is 0 Å². The summed E-state index contributed by atoms with van der Waals surface area (Å²) in [6, 6.07) is 23.6. The van der Waals surface area contributed by atoms with Gasteiger partial charge in [0.25, 0.3) is 5.22 Å². The first-order valence-corrected chi connectivity index (χ1v) is 12.1. The molecule has 1 N–H and O–H groups in total. The van der Waals surface area contributed by atoms with Gasteiger partial charge in [0.05, 0.1) is 11.4 Å². The number of anilines is 1. The van der Waals surface area contributed by atoms with Crippen molar-refractivity contribution >= 4 is 55.2 Å². The second-order valence-corrected chi connectivity index (χ2v) is 9.50. The van der Waals surface area contributed by atoms with Gasteiger partial charge in [-0.25, -0.2) is 4.98 Å². The molecular formula is C24H18Br2N2O2S. The van der Waals surface area contributed by atoms with Crippen LogP contribution < -0.4 is 5.32 Å². The van der Waals surface area contributed by atoms with E-state index in [4.69, 9.17) is 4.42 Å². The highest BCUT2D eigenvalue weighted by molar-refractivity contribution is 9.11. The second-order valence-electron chi connectivity index (χ2n) is 6.81. The van der Waals surface area contributed by atoms with Gasteiger partial charge in [0.15, 0.2) is 5.76 Å². The zero-order valence-corrected chi connectivity index (χ0v) is 20.6. The molecule has 0 fully saturated rings. The van der Waals surface area contributed by atoms with Crippen molar-refractivity contribution in [1.82, 2.24) is 4.98 Å². The van der Waals surface area contributed by atoms with Gasteiger partial charge in [-0.15, -0.1) is 0 Å². The molecule has 4 rings (SSSR count). The molecule has 4 aromatic rings. The maximum atomic E-state index is 12.6. The largest absolute Gasteiger partial charge is 0.431 e. The number of aromatic nitrogens is 1. The number of benzene rings is 3. The number of amides is 1. The Kier molecular flexibility index (Phi) is 6.95. The Morgan fingerprint density at radius 1 is 1.00 bits per heavy atom. The Balaban J connectivity index is 1.54. The van der Waals surface area contributed by atoms with Crippen LogP contribution in [-0.2, 0) is 4.79 Å². The van der Waals surface area contributed by atoms with Crippen molar-refractivity contribution in [3.63, 3.8) is 0 Å². The van der Waals surface area contributed by atoms with Gasteiger partial charge in [0.2, 0.25) is 5.91 Å². The number of nitrogens with one attached hydrogen (secondary N) is 1. The maximum absolute atomic E-state index is 12.6. The van der Waals surface area contributed by atoms with E-state index < -0.39 is 0 Å². The number of nitrogens with zero attached hydrogens (tertiary/aromatic N) is 1. The highest BCUT2D eigenvalue weighted by atomic mass is 79.9. The molecule has 1 heterocycles. The Morgan fingerprint density at radius 3 is 2.29 bits per heavy atom. The van der Waals surface area contributed by atoms with Crippen molar-refractivity contribution in [3.05, 3.63) is 87.3 Å². The number of thioether (sulfide) groups is 1. The summed E-state index contributed by atoms with van der Waals surface area (Å²) in [6.45, 7) is 1.95.